The number of ether oxygens (including phenoxy) is 3. The molecule has 0 bridgehead atoms. The molecular formula is C25H16BrNO5S. The molecule has 8 heteroatoms. The van der Waals surface area contributed by atoms with Gasteiger partial charge in [-0.15, -0.1) is 11.3 Å². The molecule has 6 rings (SSSR count). The van der Waals surface area contributed by atoms with Crippen molar-refractivity contribution in [3.63, 3.8) is 0 Å². The molecule has 0 spiro atoms. The van der Waals surface area contributed by atoms with E-state index in [2.05, 4.69) is 20.9 Å². The highest BCUT2D eigenvalue weighted by atomic mass is 79.9. The maximum atomic E-state index is 12.7. The summed E-state index contributed by atoms with van der Waals surface area (Å²) in [4.78, 5) is 17.3. The van der Waals surface area contributed by atoms with Gasteiger partial charge in [0, 0.05) is 27.1 Å². The summed E-state index contributed by atoms with van der Waals surface area (Å²) in [6.07, 6.45) is 0. The molecule has 0 N–H and O–H groups in total. The van der Waals surface area contributed by atoms with E-state index in [0.29, 0.717) is 35.1 Å². The average Bonchev–Trinajstić information content (AvgIpc) is 3.26. The zero-order chi connectivity index (χ0) is 22.4. The lowest BCUT2D eigenvalue weighted by Crippen LogP contribution is -2.14. The number of halogens is 1. The maximum absolute atomic E-state index is 12.7. The van der Waals surface area contributed by atoms with E-state index < -0.39 is 5.63 Å². The SMILES string of the molecule is O=c1oc2cc(OCc3cc(Br)cc4c3OCOC4)ccc2cc1-c1nc2ccccc2s1. The quantitative estimate of drug-likeness (QED) is 0.259. The van der Waals surface area contributed by atoms with Gasteiger partial charge in [-0.1, -0.05) is 28.1 Å². The van der Waals surface area contributed by atoms with E-state index in [-0.39, 0.29) is 6.79 Å². The molecule has 0 fully saturated rings. The monoisotopic (exact) mass is 521 g/mol. The molecule has 0 amide bonds. The van der Waals surface area contributed by atoms with Gasteiger partial charge in [-0.05, 0) is 42.5 Å². The molecule has 0 saturated heterocycles. The van der Waals surface area contributed by atoms with Crippen molar-refractivity contribution in [2.45, 2.75) is 13.2 Å². The van der Waals surface area contributed by atoms with E-state index in [1.54, 1.807) is 6.07 Å². The largest absolute Gasteiger partial charge is 0.489 e. The van der Waals surface area contributed by atoms with Gasteiger partial charge in [0.05, 0.1) is 22.4 Å². The number of hydrogen-bond acceptors (Lipinski definition) is 7. The van der Waals surface area contributed by atoms with Gasteiger partial charge in [0.2, 0.25) is 0 Å². The summed E-state index contributed by atoms with van der Waals surface area (Å²) in [6.45, 7) is 1.03. The summed E-state index contributed by atoms with van der Waals surface area (Å²) in [5.74, 6) is 1.39. The van der Waals surface area contributed by atoms with Crippen molar-refractivity contribution >= 4 is 48.5 Å². The summed E-state index contributed by atoms with van der Waals surface area (Å²) in [6, 6.07) is 19.0. The van der Waals surface area contributed by atoms with Crippen LogP contribution in [0.1, 0.15) is 11.1 Å². The Hall–Kier alpha value is -3.20. The molecule has 33 heavy (non-hydrogen) atoms. The first-order valence-corrected chi connectivity index (χ1v) is 11.8. The van der Waals surface area contributed by atoms with Crippen LogP contribution in [0.4, 0.5) is 0 Å². The summed E-state index contributed by atoms with van der Waals surface area (Å²) >= 11 is 5.00. The van der Waals surface area contributed by atoms with Crippen LogP contribution in [0.5, 0.6) is 11.5 Å². The molecule has 0 aliphatic carbocycles. The first-order valence-electron chi connectivity index (χ1n) is 10.2. The summed E-state index contributed by atoms with van der Waals surface area (Å²) in [7, 11) is 0. The summed E-state index contributed by atoms with van der Waals surface area (Å²) in [5, 5.41) is 1.45. The molecule has 2 aromatic heterocycles. The highest BCUT2D eigenvalue weighted by Crippen LogP contribution is 2.34. The minimum atomic E-state index is -0.423. The highest BCUT2D eigenvalue weighted by Gasteiger charge is 2.17. The number of rotatable bonds is 4. The molecule has 0 atom stereocenters. The minimum Gasteiger partial charge on any atom is -0.489 e. The Labute approximate surface area is 200 Å². The fraction of sp³-hybridized carbons (Fsp3) is 0.120. The normalized spacial score (nSPS) is 13.1. The molecule has 5 aromatic rings. The number of aromatic nitrogens is 1. The molecule has 1 aliphatic rings. The Balaban J connectivity index is 1.30. The zero-order valence-electron chi connectivity index (χ0n) is 17.2. The standard InChI is InChI=1S/C25H16BrNO5S/c26-17-7-15-11-29-13-31-23(15)16(8-17)12-30-18-6-5-14-9-19(25(28)32-21(14)10-18)24-27-20-3-1-2-4-22(20)33-24/h1-10H,11-13H2. The Kier molecular flexibility index (Phi) is 5.13. The lowest BCUT2D eigenvalue weighted by molar-refractivity contribution is -0.0176. The first kappa shape index (κ1) is 20.4. The van der Waals surface area contributed by atoms with E-state index in [4.69, 9.17) is 18.6 Å². The van der Waals surface area contributed by atoms with Crippen LogP contribution in [-0.4, -0.2) is 11.8 Å². The molecular weight excluding hydrogens is 506 g/mol. The van der Waals surface area contributed by atoms with Gasteiger partial charge in [0.1, 0.15) is 28.7 Å². The number of thiazole rings is 1. The molecule has 3 heterocycles. The number of benzene rings is 3. The van der Waals surface area contributed by atoms with E-state index in [1.165, 1.54) is 11.3 Å². The van der Waals surface area contributed by atoms with E-state index >= 15 is 0 Å². The van der Waals surface area contributed by atoms with Gasteiger partial charge in [-0.2, -0.15) is 0 Å². The third-order valence-electron chi connectivity index (χ3n) is 5.38. The minimum absolute atomic E-state index is 0.222. The third-order valence-corrected chi connectivity index (χ3v) is 6.91. The van der Waals surface area contributed by atoms with Crippen molar-refractivity contribution in [3.8, 4) is 22.1 Å². The molecule has 0 unspecified atom stereocenters. The second kappa shape index (κ2) is 8.30. The maximum Gasteiger partial charge on any atom is 0.346 e. The zero-order valence-corrected chi connectivity index (χ0v) is 19.6. The number of hydrogen-bond donors (Lipinski definition) is 0. The van der Waals surface area contributed by atoms with Crippen LogP contribution in [0.3, 0.4) is 0 Å². The van der Waals surface area contributed by atoms with Crippen LogP contribution in [0, 0.1) is 0 Å². The second-order valence-corrected chi connectivity index (χ2v) is 9.53. The van der Waals surface area contributed by atoms with Crippen LogP contribution >= 0.6 is 27.3 Å². The predicted octanol–water partition coefficient (Wildman–Crippen LogP) is 6.28. The van der Waals surface area contributed by atoms with Gasteiger partial charge < -0.3 is 18.6 Å². The van der Waals surface area contributed by atoms with Gasteiger partial charge in [0.15, 0.2) is 6.79 Å². The molecule has 0 saturated carbocycles. The topological polar surface area (TPSA) is 70.8 Å². The first-order chi connectivity index (χ1) is 16.1. The van der Waals surface area contributed by atoms with Crippen LogP contribution < -0.4 is 15.1 Å². The smallest absolute Gasteiger partial charge is 0.346 e. The van der Waals surface area contributed by atoms with Crippen molar-refractivity contribution < 1.29 is 18.6 Å². The van der Waals surface area contributed by atoms with Crippen molar-refractivity contribution in [2.24, 2.45) is 0 Å². The predicted molar refractivity (Wildman–Crippen MR) is 130 cm³/mol. The molecule has 1 aliphatic heterocycles. The summed E-state index contributed by atoms with van der Waals surface area (Å²) in [5.41, 5.74) is 3.25. The second-order valence-electron chi connectivity index (χ2n) is 7.59. The van der Waals surface area contributed by atoms with Crippen LogP contribution in [0.25, 0.3) is 31.8 Å². The van der Waals surface area contributed by atoms with E-state index in [0.717, 1.165) is 37.0 Å². The Bertz CT molecular complexity index is 1540. The Morgan fingerprint density at radius 2 is 2.00 bits per heavy atom. The molecule has 3 aromatic carbocycles. The van der Waals surface area contributed by atoms with Gasteiger partial charge in [-0.3, -0.25) is 0 Å². The lowest BCUT2D eigenvalue weighted by atomic mass is 10.1. The van der Waals surface area contributed by atoms with Gasteiger partial charge >= 0.3 is 5.63 Å². The Morgan fingerprint density at radius 3 is 2.91 bits per heavy atom. The number of nitrogens with zero attached hydrogens (tertiary/aromatic N) is 1. The lowest BCUT2D eigenvalue weighted by Gasteiger charge is -2.21. The van der Waals surface area contributed by atoms with Crippen molar-refractivity contribution in [2.75, 3.05) is 6.79 Å². The molecule has 164 valence electrons. The average molecular weight is 522 g/mol. The number of para-hydroxylation sites is 1. The number of fused-ring (bicyclic) bond motifs is 3. The Morgan fingerprint density at radius 1 is 1.09 bits per heavy atom. The third kappa shape index (κ3) is 3.90. The van der Waals surface area contributed by atoms with E-state index in [9.17, 15) is 4.79 Å². The fourth-order valence-electron chi connectivity index (χ4n) is 3.84. The van der Waals surface area contributed by atoms with Crippen molar-refractivity contribution in [3.05, 3.63) is 86.7 Å². The van der Waals surface area contributed by atoms with Gasteiger partial charge in [0.25, 0.3) is 0 Å². The molecule has 6 nitrogen and oxygen atoms in total. The van der Waals surface area contributed by atoms with Crippen LogP contribution in [0.2, 0.25) is 0 Å². The highest BCUT2D eigenvalue weighted by molar-refractivity contribution is 9.10. The van der Waals surface area contributed by atoms with E-state index in [1.807, 2.05) is 54.6 Å². The van der Waals surface area contributed by atoms with Gasteiger partial charge in [-0.25, -0.2) is 9.78 Å². The van der Waals surface area contributed by atoms with Crippen molar-refractivity contribution in [1.82, 2.24) is 4.98 Å². The van der Waals surface area contributed by atoms with Crippen LogP contribution in [0.15, 0.2) is 74.3 Å². The van der Waals surface area contributed by atoms with Crippen LogP contribution in [-0.2, 0) is 18.0 Å². The molecule has 0 radical (unpaired) electrons. The summed E-state index contributed by atoms with van der Waals surface area (Å²) < 4.78 is 24.6. The fourth-order valence-corrected chi connectivity index (χ4v) is 5.36. The van der Waals surface area contributed by atoms with Crippen molar-refractivity contribution in [1.29, 1.82) is 0 Å².